The zero-order valence-corrected chi connectivity index (χ0v) is 7.31. The maximum absolute atomic E-state index is 12.4. The average molecular weight is 201 g/mol. The van der Waals surface area contributed by atoms with Gasteiger partial charge in [0.25, 0.3) is 5.97 Å². The molecule has 5 nitrogen and oxygen atoms in total. The van der Waals surface area contributed by atoms with E-state index in [4.69, 9.17) is 9.90 Å². The highest BCUT2D eigenvalue weighted by Crippen LogP contribution is 2.14. The highest BCUT2D eigenvalue weighted by Gasteiger charge is 2.10. The van der Waals surface area contributed by atoms with Crippen molar-refractivity contribution in [2.24, 2.45) is 0 Å². The number of halogens is 1. The van der Waals surface area contributed by atoms with E-state index < -0.39 is 22.4 Å². The molecule has 14 heavy (non-hydrogen) atoms. The molecule has 0 aliphatic rings. The van der Waals surface area contributed by atoms with Crippen LogP contribution in [0.3, 0.4) is 0 Å². The van der Waals surface area contributed by atoms with Crippen molar-refractivity contribution in [1.82, 2.24) is 0 Å². The number of para-hydroxylation sites is 1. The third kappa shape index (κ3) is 4.81. The number of nitro groups is 1. The largest absolute Gasteiger partial charge is 0.481 e. The van der Waals surface area contributed by atoms with Crippen LogP contribution < -0.4 is 0 Å². The first-order chi connectivity index (χ1) is 6.45. The molecule has 6 heteroatoms. The summed E-state index contributed by atoms with van der Waals surface area (Å²) in [4.78, 5) is 18.2. The maximum Gasteiger partial charge on any atom is 0.304 e. The molecule has 0 aromatic heterocycles. The fourth-order valence-electron chi connectivity index (χ4n) is 0.600. The lowest BCUT2D eigenvalue weighted by Gasteiger charge is -1.89. The van der Waals surface area contributed by atoms with Gasteiger partial charge >= 0.3 is 5.69 Å². The molecule has 0 saturated heterocycles. The molecule has 0 bridgehead atoms. The SMILES string of the molecule is CC(=O)O.O=[N+]([O-])c1ccccc1F. The smallest absolute Gasteiger partial charge is 0.304 e. The summed E-state index contributed by atoms with van der Waals surface area (Å²) >= 11 is 0. The number of carbonyl (C=O) groups is 1. The van der Waals surface area contributed by atoms with E-state index in [-0.39, 0.29) is 0 Å². The monoisotopic (exact) mass is 201 g/mol. The second-order valence-electron chi connectivity index (χ2n) is 2.23. The quantitative estimate of drug-likeness (QED) is 0.555. The van der Waals surface area contributed by atoms with Gasteiger partial charge in [0.15, 0.2) is 0 Å². The van der Waals surface area contributed by atoms with Crippen LogP contribution in [-0.2, 0) is 4.79 Å². The minimum absolute atomic E-state index is 0.484. The van der Waals surface area contributed by atoms with E-state index in [0.29, 0.717) is 0 Å². The molecule has 1 N–H and O–H groups in total. The molecule has 0 fully saturated rings. The predicted octanol–water partition coefficient (Wildman–Crippen LogP) is 1.82. The van der Waals surface area contributed by atoms with Crippen LogP contribution in [0.5, 0.6) is 0 Å². The van der Waals surface area contributed by atoms with Crippen LogP contribution in [0.2, 0.25) is 0 Å². The summed E-state index contributed by atoms with van der Waals surface area (Å²) in [6.45, 7) is 1.08. The lowest BCUT2D eigenvalue weighted by atomic mass is 10.3. The van der Waals surface area contributed by atoms with Crippen LogP contribution in [0, 0.1) is 15.9 Å². The molecule has 76 valence electrons. The van der Waals surface area contributed by atoms with Gasteiger partial charge in [-0.3, -0.25) is 14.9 Å². The van der Waals surface area contributed by atoms with Crippen molar-refractivity contribution in [2.75, 3.05) is 0 Å². The van der Waals surface area contributed by atoms with Crippen LogP contribution in [0.15, 0.2) is 24.3 Å². The number of carboxylic acid groups (broad SMARTS) is 1. The molecule has 0 heterocycles. The summed E-state index contributed by atoms with van der Waals surface area (Å²) in [6.07, 6.45) is 0. The Morgan fingerprint density at radius 1 is 1.50 bits per heavy atom. The van der Waals surface area contributed by atoms with Crippen molar-refractivity contribution in [3.8, 4) is 0 Å². The van der Waals surface area contributed by atoms with Crippen LogP contribution in [0.25, 0.3) is 0 Å². The fraction of sp³-hybridized carbons (Fsp3) is 0.125. The number of hydrogen-bond acceptors (Lipinski definition) is 3. The standard InChI is InChI=1S/C6H4FNO2.C2H4O2/c7-5-3-1-2-4-6(5)8(9)10;1-2(3)4/h1-4H;1H3,(H,3,4). The topological polar surface area (TPSA) is 80.4 Å². The van der Waals surface area contributed by atoms with Gasteiger partial charge in [0, 0.05) is 13.0 Å². The molecule has 1 rings (SSSR count). The molecule has 0 saturated carbocycles. The molecule has 0 spiro atoms. The Labute approximate surface area is 78.9 Å². The highest BCUT2D eigenvalue weighted by molar-refractivity contribution is 5.62. The zero-order chi connectivity index (χ0) is 11.1. The Bertz CT molecular complexity index is 336. The van der Waals surface area contributed by atoms with Crippen LogP contribution in [0.4, 0.5) is 10.1 Å². The van der Waals surface area contributed by atoms with Gasteiger partial charge in [-0.1, -0.05) is 12.1 Å². The van der Waals surface area contributed by atoms with E-state index >= 15 is 0 Å². The van der Waals surface area contributed by atoms with E-state index in [9.17, 15) is 14.5 Å². The third-order valence-electron chi connectivity index (χ3n) is 1.05. The van der Waals surface area contributed by atoms with Crippen molar-refractivity contribution >= 4 is 11.7 Å². The van der Waals surface area contributed by atoms with Gasteiger partial charge in [-0.05, 0) is 6.07 Å². The Morgan fingerprint density at radius 2 is 1.93 bits per heavy atom. The molecule has 0 atom stereocenters. The summed E-state index contributed by atoms with van der Waals surface area (Å²) < 4.78 is 12.4. The zero-order valence-electron chi connectivity index (χ0n) is 7.31. The van der Waals surface area contributed by atoms with Crippen LogP contribution in [-0.4, -0.2) is 16.0 Å². The first kappa shape index (κ1) is 12.0. The number of aliphatic carboxylic acids is 1. The van der Waals surface area contributed by atoms with Gasteiger partial charge in [0.2, 0.25) is 5.82 Å². The fourth-order valence-corrected chi connectivity index (χ4v) is 0.600. The van der Waals surface area contributed by atoms with E-state index in [2.05, 4.69) is 0 Å². The summed E-state index contributed by atoms with van der Waals surface area (Å²) in [5, 5.41) is 17.4. The summed E-state index contributed by atoms with van der Waals surface area (Å²) in [5.74, 6) is -1.63. The minimum atomic E-state index is -0.833. The summed E-state index contributed by atoms with van der Waals surface area (Å²) in [5.41, 5.74) is -0.484. The summed E-state index contributed by atoms with van der Waals surface area (Å²) in [7, 11) is 0. The van der Waals surface area contributed by atoms with Crippen LogP contribution in [0.1, 0.15) is 6.92 Å². The van der Waals surface area contributed by atoms with Crippen molar-refractivity contribution in [2.45, 2.75) is 6.92 Å². The molecule has 0 amide bonds. The number of benzene rings is 1. The Balaban J connectivity index is 0.000000364. The van der Waals surface area contributed by atoms with Crippen molar-refractivity contribution in [1.29, 1.82) is 0 Å². The van der Waals surface area contributed by atoms with Gasteiger partial charge in [-0.15, -0.1) is 0 Å². The van der Waals surface area contributed by atoms with Crippen molar-refractivity contribution < 1.29 is 19.2 Å². The molecule has 1 aromatic rings. The van der Waals surface area contributed by atoms with Crippen LogP contribution >= 0.6 is 0 Å². The van der Waals surface area contributed by atoms with Gasteiger partial charge in [0.05, 0.1) is 4.92 Å². The minimum Gasteiger partial charge on any atom is -0.481 e. The Morgan fingerprint density at radius 3 is 2.21 bits per heavy atom. The number of nitrogens with zero attached hydrogens (tertiary/aromatic N) is 1. The molecule has 0 aliphatic carbocycles. The number of nitro benzene ring substituents is 1. The molecular formula is C8H8FNO4. The van der Waals surface area contributed by atoms with E-state index in [0.717, 1.165) is 19.1 Å². The molecule has 0 radical (unpaired) electrons. The Hall–Kier alpha value is -1.98. The number of carboxylic acids is 1. The highest BCUT2D eigenvalue weighted by atomic mass is 19.1. The maximum atomic E-state index is 12.4. The predicted molar refractivity (Wildman–Crippen MR) is 46.4 cm³/mol. The molecular weight excluding hydrogens is 193 g/mol. The van der Waals surface area contributed by atoms with Gasteiger partial charge in [-0.25, -0.2) is 0 Å². The van der Waals surface area contributed by atoms with E-state index in [1.165, 1.54) is 12.1 Å². The second kappa shape index (κ2) is 5.63. The number of hydrogen-bond donors (Lipinski definition) is 1. The molecule has 0 unspecified atom stereocenters. The molecule has 0 aliphatic heterocycles. The average Bonchev–Trinajstić information content (AvgIpc) is 2.03. The third-order valence-corrected chi connectivity index (χ3v) is 1.05. The first-order valence-corrected chi connectivity index (χ1v) is 3.53. The first-order valence-electron chi connectivity index (χ1n) is 3.53. The normalized spacial score (nSPS) is 8.43. The van der Waals surface area contributed by atoms with Gasteiger partial charge in [0.1, 0.15) is 0 Å². The van der Waals surface area contributed by atoms with Crippen molar-refractivity contribution in [3.05, 3.63) is 40.2 Å². The van der Waals surface area contributed by atoms with E-state index in [1.54, 1.807) is 0 Å². The van der Waals surface area contributed by atoms with Gasteiger partial charge < -0.3 is 5.11 Å². The summed E-state index contributed by atoms with van der Waals surface area (Å²) in [6, 6.07) is 5.00. The molecule has 1 aromatic carbocycles. The Kier molecular flexibility index (Phi) is 4.83. The van der Waals surface area contributed by atoms with Crippen molar-refractivity contribution in [3.63, 3.8) is 0 Å². The lowest BCUT2D eigenvalue weighted by molar-refractivity contribution is -0.387. The second-order valence-corrected chi connectivity index (χ2v) is 2.23. The number of rotatable bonds is 1. The lowest BCUT2D eigenvalue weighted by Crippen LogP contribution is -1.90. The van der Waals surface area contributed by atoms with Gasteiger partial charge in [-0.2, -0.15) is 4.39 Å². The van der Waals surface area contributed by atoms with E-state index in [1.807, 2.05) is 0 Å².